The number of ether oxygens (including phenoxy) is 7. The minimum Gasteiger partial charge on any atom is -0.497 e. The summed E-state index contributed by atoms with van der Waals surface area (Å²) in [5, 5.41) is 0. The molecule has 11 nitrogen and oxygen atoms in total. The molecule has 0 bridgehead atoms. The number of hydrogen-bond acceptors (Lipinski definition) is 10. The number of anilines is 1. The second-order valence-electron chi connectivity index (χ2n) is 8.92. The molecule has 0 amide bonds. The van der Waals surface area contributed by atoms with Gasteiger partial charge in [-0.15, -0.1) is 0 Å². The highest BCUT2D eigenvalue weighted by Crippen LogP contribution is 2.42. The lowest BCUT2D eigenvalue weighted by molar-refractivity contribution is -0.165. The number of benzene rings is 3. The van der Waals surface area contributed by atoms with E-state index >= 15 is 0 Å². The Bertz CT molecular complexity index is 1420. The maximum Gasteiger partial charge on any atom is 0.338 e. The third-order valence-corrected chi connectivity index (χ3v) is 7.52. The Morgan fingerprint density at radius 3 is 2.37 bits per heavy atom. The first kappa shape index (κ1) is 30.0. The fourth-order valence-electron chi connectivity index (χ4n) is 4.04. The third-order valence-electron chi connectivity index (χ3n) is 6.13. The summed E-state index contributed by atoms with van der Waals surface area (Å²) in [5.41, 5.74) is 0.00234. The molecule has 1 N–H and O–H groups in total. The van der Waals surface area contributed by atoms with Gasteiger partial charge < -0.3 is 33.2 Å². The van der Waals surface area contributed by atoms with Gasteiger partial charge in [0, 0.05) is 12.7 Å². The number of carbonyl (C=O) groups excluding carboxylic acids is 1. The van der Waals surface area contributed by atoms with E-state index in [0.29, 0.717) is 23.9 Å². The van der Waals surface area contributed by atoms with Gasteiger partial charge in [-0.05, 0) is 67.8 Å². The molecule has 0 radical (unpaired) electrons. The molecule has 1 unspecified atom stereocenters. The van der Waals surface area contributed by atoms with Crippen LogP contribution < -0.4 is 23.7 Å². The highest BCUT2D eigenvalue weighted by atomic mass is 32.2. The maximum absolute atomic E-state index is 13.4. The number of rotatable bonds is 13. The molecule has 12 heteroatoms. The fourth-order valence-corrected chi connectivity index (χ4v) is 5.09. The minimum absolute atomic E-state index is 0.0249. The predicted octanol–water partition coefficient (Wildman–Crippen LogP) is 5.01. The summed E-state index contributed by atoms with van der Waals surface area (Å²) in [4.78, 5) is 12.5. The van der Waals surface area contributed by atoms with E-state index < -0.39 is 16.0 Å². The Labute approximate surface area is 239 Å². The van der Waals surface area contributed by atoms with Crippen LogP contribution in [0.1, 0.15) is 29.6 Å². The summed E-state index contributed by atoms with van der Waals surface area (Å²) < 4.78 is 68.1. The molecule has 1 saturated heterocycles. The zero-order valence-electron chi connectivity index (χ0n) is 23.1. The molecule has 0 aromatic heterocycles. The van der Waals surface area contributed by atoms with Crippen molar-refractivity contribution in [3.05, 3.63) is 66.2 Å². The van der Waals surface area contributed by atoms with E-state index in [1.54, 1.807) is 24.3 Å². The predicted molar refractivity (Wildman–Crippen MR) is 150 cm³/mol. The lowest BCUT2D eigenvalue weighted by Gasteiger charge is -2.23. The van der Waals surface area contributed by atoms with Crippen LogP contribution in [0.25, 0.3) is 0 Å². The Balaban J connectivity index is 1.70. The van der Waals surface area contributed by atoms with E-state index in [4.69, 9.17) is 33.2 Å². The van der Waals surface area contributed by atoms with Gasteiger partial charge in [0.05, 0.1) is 44.1 Å². The number of sulfonamides is 1. The summed E-state index contributed by atoms with van der Waals surface area (Å²) in [7, 11) is 0.0945. The molecule has 1 atom stereocenters. The first-order valence-electron chi connectivity index (χ1n) is 12.9. The smallest absolute Gasteiger partial charge is 0.338 e. The maximum atomic E-state index is 13.4. The van der Waals surface area contributed by atoms with Gasteiger partial charge >= 0.3 is 5.97 Å². The molecule has 220 valence electrons. The first-order valence-corrected chi connectivity index (χ1v) is 14.4. The summed E-state index contributed by atoms with van der Waals surface area (Å²) in [6.07, 6.45) is 2.49. The van der Waals surface area contributed by atoms with Crippen molar-refractivity contribution >= 4 is 21.7 Å². The molecule has 0 saturated carbocycles. The van der Waals surface area contributed by atoms with Crippen molar-refractivity contribution in [1.29, 1.82) is 0 Å². The van der Waals surface area contributed by atoms with Crippen LogP contribution >= 0.6 is 0 Å². The summed E-state index contributed by atoms with van der Waals surface area (Å²) in [5.74, 6) is 0.789. The highest BCUT2D eigenvalue weighted by Gasteiger charge is 2.24. The molecule has 1 aliphatic rings. The Morgan fingerprint density at radius 1 is 0.927 bits per heavy atom. The molecule has 0 spiro atoms. The molecule has 3 aromatic carbocycles. The van der Waals surface area contributed by atoms with E-state index in [1.807, 2.05) is 0 Å². The van der Waals surface area contributed by atoms with Gasteiger partial charge in [-0.25, -0.2) is 13.2 Å². The Morgan fingerprint density at radius 2 is 1.68 bits per heavy atom. The van der Waals surface area contributed by atoms with Gasteiger partial charge in [-0.3, -0.25) is 4.72 Å². The Kier molecular flexibility index (Phi) is 10.3. The molecule has 1 heterocycles. The summed E-state index contributed by atoms with van der Waals surface area (Å²) in [6, 6.07) is 15.3. The number of carbonyl (C=O) groups is 1. The van der Waals surface area contributed by atoms with E-state index in [1.165, 1.54) is 57.7 Å². The van der Waals surface area contributed by atoms with Crippen LogP contribution in [-0.4, -0.2) is 61.8 Å². The van der Waals surface area contributed by atoms with Crippen LogP contribution in [0.4, 0.5) is 5.69 Å². The Hall–Kier alpha value is -4.00. The van der Waals surface area contributed by atoms with Gasteiger partial charge in [0.2, 0.25) is 0 Å². The number of hydrogen-bond donors (Lipinski definition) is 1. The number of nitrogens with one attached hydrogen (secondary N) is 1. The van der Waals surface area contributed by atoms with Gasteiger partial charge in [0.25, 0.3) is 10.0 Å². The highest BCUT2D eigenvalue weighted by molar-refractivity contribution is 7.92. The van der Waals surface area contributed by atoms with Crippen molar-refractivity contribution in [2.75, 3.05) is 45.9 Å². The topological polar surface area (TPSA) is 128 Å². The number of esters is 1. The minimum atomic E-state index is -4.13. The second kappa shape index (κ2) is 14.1. The lowest BCUT2D eigenvalue weighted by atomic mass is 10.1. The summed E-state index contributed by atoms with van der Waals surface area (Å²) >= 11 is 0. The van der Waals surface area contributed by atoms with Crippen LogP contribution in [0.15, 0.2) is 65.6 Å². The quantitative estimate of drug-likeness (QED) is 0.215. The number of methoxy groups -OCH3 is 3. The lowest BCUT2D eigenvalue weighted by Crippen LogP contribution is -2.24. The monoisotopic (exact) mass is 587 g/mol. The van der Waals surface area contributed by atoms with Crippen molar-refractivity contribution in [2.45, 2.75) is 30.4 Å². The second-order valence-corrected chi connectivity index (χ2v) is 10.6. The molecule has 0 aliphatic carbocycles. The van der Waals surface area contributed by atoms with Crippen molar-refractivity contribution in [1.82, 2.24) is 0 Å². The molecular weight excluding hydrogens is 554 g/mol. The van der Waals surface area contributed by atoms with E-state index in [-0.39, 0.29) is 47.1 Å². The van der Waals surface area contributed by atoms with Gasteiger partial charge in [-0.2, -0.15) is 0 Å². The molecule has 4 rings (SSSR count). The van der Waals surface area contributed by atoms with Crippen molar-refractivity contribution in [3.8, 4) is 28.7 Å². The largest absolute Gasteiger partial charge is 0.497 e. The van der Waals surface area contributed by atoms with Crippen LogP contribution in [-0.2, 0) is 24.2 Å². The molecule has 1 fully saturated rings. The standard InChI is InChI=1S/C29H33NO10S/c1-34-21-10-12-24(13-11-21)41(32,33)30-25-17-20(29(31)36-3)18-26(37-15-16-39-27-9-4-5-14-38-27)28(25)40-23-8-6-7-22(19-23)35-2/h6-8,10-13,17-19,27,30H,4-5,9,14-16H2,1-3H3. The molecule has 1 aliphatic heterocycles. The van der Waals surface area contributed by atoms with Gasteiger partial charge in [0.1, 0.15) is 23.9 Å². The van der Waals surface area contributed by atoms with Crippen LogP contribution in [0.3, 0.4) is 0 Å². The van der Waals surface area contributed by atoms with Crippen molar-refractivity contribution < 1.29 is 46.4 Å². The SMILES string of the molecule is COC(=O)c1cc(NS(=O)(=O)c2ccc(OC)cc2)c(Oc2cccc(OC)c2)c(OCCOC2CCCCO2)c1. The molecule has 3 aromatic rings. The fraction of sp³-hybridized carbons (Fsp3) is 0.345. The van der Waals surface area contributed by atoms with E-state index in [0.717, 1.165) is 19.3 Å². The van der Waals surface area contributed by atoms with Crippen LogP contribution in [0.5, 0.6) is 28.7 Å². The average Bonchev–Trinajstić information content (AvgIpc) is 3.00. The molecular formula is C29H33NO10S. The van der Waals surface area contributed by atoms with Crippen LogP contribution in [0, 0.1) is 0 Å². The van der Waals surface area contributed by atoms with Gasteiger partial charge in [0.15, 0.2) is 17.8 Å². The first-order chi connectivity index (χ1) is 19.8. The van der Waals surface area contributed by atoms with E-state index in [9.17, 15) is 13.2 Å². The molecule has 41 heavy (non-hydrogen) atoms. The zero-order valence-corrected chi connectivity index (χ0v) is 23.9. The average molecular weight is 588 g/mol. The third kappa shape index (κ3) is 8.03. The van der Waals surface area contributed by atoms with E-state index in [2.05, 4.69) is 4.72 Å². The zero-order chi connectivity index (χ0) is 29.2. The summed E-state index contributed by atoms with van der Waals surface area (Å²) in [6.45, 7) is 0.908. The van der Waals surface area contributed by atoms with Gasteiger partial charge in [-0.1, -0.05) is 6.07 Å². The normalized spacial score (nSPS) is 15.0. The van der Waals surface area contributed by atoms with Crippen LogP contribution in [0.2, 0.25) is 0 Å². The van der Waals surface area contributed by atoms with Crippen molar-refractivity contribution in [2.24, 2.45) is 0 Å². The van der Waals surface area contributed by atoms with Crippen molar-refractivity contribution in [3.63, 3.8) is 0 Å².